The van der Waals surface area contributed by atoms with E-state index < -0.39 is 5.97 Å². The van der Waals surface area contributed by atoms with Gasteiger partial charge in [0.05, 0.1) is 10.9 Å². The number of hydrogen-bond donors (Lipinski definition) is 1. The summed E-state index contributed by atoms with van der Waals surface area (Å²) in [6, 6.07) is 0. The van der Waals surface area contributed by atoms with Gasteiger partial charge in [-0.15, -0.1) is 11.3 Å². The minimum atomic E-state index is -0.654. The molecule has 2 rings (SSSR count). The Bertz CT molecular complexity index is 334. The van der Waals surface area contributed by atoms with Gasteiger partial charge < -0.3 is 5.11 Å². The minimum absolute atomic E-state index is 0.107. The summed E-state index contributed by atoms with van der Waals surface area (Å²) in [5.41, 5.74) is 1.03. The van der Waals surface area contributed by atoms with Crippen LogP contribution in [0.25, 0.3) is 0 Å². The van der Waals surface area contributed by atoms with E-state index >= 15 is 0 Å². The SMILES string of the molecule is Cc1csc(CC2CC2C(=O)O)n1. The Hall–Kier alpha value is -0.900. The number of rotatable bonds is 3. The van der Waals surface area contributed by atoms with E-state index in [2.05, 4.69) is 4.98 Å². The molecule has 1 aromatic heterocycles. The monoisotopic (exact) mass is 197 g/mol. The number of carboxylic acids is 1. The third kappa shape index (κ3) is 1.88. The van der Waals surface area contributed by atoms with Gasteiger partial charge in [-0.2, -0.15) is 0 Å². The van der Waals surface area contributed by atoms with Crippen LogP contribution in [0.1, 0.15) is 17.1 Å². The number of hydrogen-bond acceptors (Lipinski definition) is 3. The molecule has 0 spiro atoms. The Morgan fingerprint density at radius 1 is 1.85 bits per heavy atom. The van der Waals surface area contributed by atoms with Crippen molar-refractivity contribution in [3.8, 4) is 0 Å². The normalized spacial score (nSPS) is 25.9. The average Bonchev–Trinajstić information content (AvgIpc) is 2.69. The van der Waals surface area contributed by atoms with Crippen molar-refractivity contribution in [2.24, 2.45) is 11.8 Å². The summed E-state index contributed by atoms with van der Waals surface area (Å²) >= 11 is 1.63. The summed E-state index contributed by atoms with van der Waals surface area (Å²) in [4.78, 5) is 14.9. The van der Waals surface area contributed by atoms with Gasteiger partial charge in [0.15, 0.2) is 0 Å². The van der Waals surface area contributed by atoms with Crippen LogP contribution in [0, 0.1) is 18.8 Å². The highest BCUT2D eigenvalue weighted by molar-refractivity contribution is 7.09. The fourth-order valence-corrected chi connectivity index (χ4v) is 2.36. The van der Waals surface area contributed by atoms with Gasteiger partial charge >= 0.3 is 5.97 Å². The number of carboxylic acid groups (broad SMARTS) is 1. The Labute approximate surface area is 80.4 Å². The molecule has 70 valence electrons. The summed E-state index contributed by atoms with van der Waals surface area (Å²) in [5, 5.41) is 11.8. The van der Waals surface area contributed by atoms with E-state index in [4.69, 9.17) is 5.11 Å². The van der Waals surface area contributed by atoms with E-state index in [1.807, 2.05) is 12.3 Å². The Morgan fingerprint density at radius 2 is 2.62 bits per heavy atom. The van der Waals surface area contributed by atoms with Crippen LogP contribution in [-0.4, -0.2) is 16.1 Å². The lowest BCUT2D eigenvalue weighted by Crippen LogP contribution is -2.00. The first kappa shape index (κ1) is 8.69. The van der Waals surface area contributed by atoms with Gasteiger partial charge in [0.2, 0.25) is 0 Å². The quantitative estimate of drug-likeness (QED) is 0.802. The van der Waals surface area contributed by atoms with E-state index in [0.29, 0.717) is 5.92 Å². The second-order valence-electron chi connectivity index (χ2n) is 3.53. The molecule has 1 fully saturated rings. The summed E-state index contributed by atoms with van der Waals surface area (Å²) in [6.07, 6.45) is 1.67. The molecule has 0 aliphatic heterocycles. The first-order valence-corrected chi connectivity index (χ1v) is 5.18. The lowest BCUT2D eigenvalue weighted by Gasteiger charge is -1.91. The van der Waals surface area contributed by atoms with E-state index in [9.17, 15) is 4.79 Å². The lowest BCUT2D eigenvalue weighted by atomic mass is 10.2. The highest BCUT2D eigenvalue weighted by atomic mass is 32.1. The smallest absolute Gasteiger partial charge is 0.306 e. The summed E-state index contributed by atoms with van der Waals surface area (Å²) in [5.74, 6) is -0.425. The third-order valence-electron chi connectivity index (χ3n) is 2.34. The van der Waals surface area contributed by atoms with Crippen molar-refractivity contribution in [3.63, 3.8) is 0 Å². The maximum absolute atomic E-state index is 10.6. The van der Waals surface area contributed by atoms with Crippen LogP contribution in [0.2, 0.25) is 0 Å². The largest absolute Gasteiger partial charge is 0.481 e. The molecule has 0 saturated heterocycles. The summed E-state index contributed by atoms with van der Waals surface area (Å²) in [7, 11) is 0. The molecule has 0 radical (unpaired) electrons. The number of thiazole rings is 1. The van der Waals surface area contributed by atoms with Crippen LogP contribution in [0.5, 0.6) is 0 Å². The molecule has 4 heteroatoms. The number of carbonyl (C=O) groups is 1. The second-order valence-corrected chi connectivity index (χ2v) is 4.47. The first-order chi connectivity index (χ1) is 6.16. The molecular formula is C9H11NO2S. The predicted molar refractivity (Wildman–Crippen MR) is 49.8 cm³/mol. The Balaban J connectivity index is 1.91. The zero-order valence-electron chi connectivity index (χ0n) is 7.36. The zero-order valence-corrected chi connectivity index (χ0v) is 8.17. The minimum Gasteiger partial charge on any atom is -0.481 e. The highest BCUT2D eigenvalue weighted by Crippen LogP contribution is 2.41. The molecular weight excluding hydrogens is 186 g/mol. The van der Waals surface area contributed by atoms with Crippen molar-refractivity contribution < 1.29 is 9.90 Å². The Kier molecular flexibility index (Phi) is 2.07. The van der Waals surface area contributed by atoms with Gasteiger partial charge in [-0.25, -0.2) is 4.98 Å². The number of aryl methyl sites for hydroxylation is 1. The van der Waals surface area contributed by atoms with Crippen molar-refractivity contribution in [2.45, 2.75) is 19.8 Å². The molecule has 3 nitrogen and oxygen atoms in total. The fourth-order valence-electron chi connectivity index (χ4n) is 1.50. The summed E-state index contributed by atoms with van der Waals surface area (Å²) in [6.45, 7) is 1.96. The molecule has 0 aromatic carbocycles. The maximum atomic E-state index is 10.6. The molecule has 13 heavy (non-hydrogen) atoms. The van der Waals surface area contributed by atoms with Crippen LogP contribution in [0.15, 0.2) is 5.38 Å². The highest BCUT2D eigenvalue weighted by Gasteiger charge is 2.43. The van der Waals surface area contributed by atoms with Crippen LogP contribution in [0.3, 0.4) is 0 Å². The maximum Gasteiger partial charge on any atom is 0.306 e. The topological polar surface area (TPSA) is 50.2 Å². The average molecular weight is 197 g/mol. The van der Waals surface area contributed by atoms with Gasteiger partial charge in [-0.1, -0.05) is 0 Å². The number of aliphatic carboxylic acids is 1. The zero-order chi connectivity index (χ0) is 9.42. The van der Waals surface area contributed by atoms with Crippen molar-refractivity contribution >= 4 is 17.3 Å². The number of nitrogens with zero attached hydrogens (tertiary/aromatic N) is 1. The molecule has 2 unspecified atom stereocenters. The fraction of sp³-hybridized carbons (Fsp3) is 0.556. The molecule has 0 amide bonds. The first-order valence-electron chi connectivity index (χ1n) is 4.30. The van der Waals surface area contributed by atoms with Gasteiger partial charge in [-0.05, 0) is 19.3 Å². The van der Waals surface area contributed by atoms with E-state index in [0.717, 1.165) is 23.5 Å². The van der Waals surface area contributed by atoms with Crippen molar-refractivity contribution in [2.75, 3.05) is 0 Å². The van der Waals surface area contributed by atoms with Gasteiger partial charge in [0, 0.05) is 17.5 Å². The standard InChI is InChI=1S/C9H11NO2S/c1-5-4-13-8(10-5)3-6-2-7(6)9(11)12/h4,6-7H,2-3H2,1H3,(H,11,12). The number of aromatic nitrogens is 1. The second kappa shape index (κ2) is 3.10. The molecule has 1 heterocycles. The van der Waals surface area contributed by atoms with Crippen molar-refractivity contribution in [3.05, 3.63) is 16.1 Å². The molecule has 1 aliphatic rings. The lowest BCUT2D eigenvalue weighted by molar-refractivity contribution is -0.138. The molecule has 1 saturated carbocycles. The van der Waals surface area contributed by atoms with Crippen molar-refractivity contribution in [1.82, 2.24) is 4.98 Å². The summed E-state index contributed by atoms with van der Waals surface area (Å²) < 4.78 is 0. The van der Waals surface area contributed by atoms with Crippen LogP contribution >= 0.6 is 11.3 Å². The predicted octanol–water partition coefficient (Wildman–Crippen LogP) is 1.71. The van der Waals surface area contributed by atoms with Crippen LogP contribution in [0.4, 0.5) is 0 Å². The molecule has 2 atom stereocenters. The third-order valence-corrected chi connectivity index (χ3v) is 3.33. The molecule has 1 aromatic rings. The van der Waals surface area contributed by atoms with Crippen LogP contribution in [-0.2, 0) is 11.2 Å². The van der Waals surface area contributed by atoms with Gasteiger partial charge in [0.25, 0.3) is 0 Å². The van der Waals surface area contributed by atoms with E-state index in [-0.39, 0.29) is 5.92 Å². The van der Waals surface area contributed by atoms with E-state index in [1.165, 1.54) is 0 Å². The van der Waals surface area contributed by atoms with Crippen LogP contribution < -0.4 is 0 Å². The molecule has 0 bridgehead atoms. The van der Waals surface area contributed by atoms with Gasteiger partial charge in [-0.3, -0.25) is 4.79 Å². The van der Waals surface area contributed by atoms with E-state index in [1.54, 1.807) is 11.3 Å². The Morgan fingerprint density at radius 3 is 3.08 bits per heavy atom. The van der Waals surface area contributed by atoms with Gasteiger partial charge in [0.1, 0.15) is 0 Å². The van der Waals surface area contributed by atoms with Crippen molar-refractivity contribution in [1.29, 1.82) is 0 Å². The molecule has 1 aliphatic carbocycles. The molecule has 1 N–H and O–H groups in total.